The minimum Gasteiger partial charge on any atom is -0.356 e. The Morgan fingerprint density at radius 1 is 1.08 bits per heavy atom. The lowest BCUT2D eigenvalue weighted by Crippen LogP contribution is -2.41. The molecule has 0 aliphatic heterocycles. The minimum atomic E-state index is 0.0332. The Hall–Kier alpha value is -1.84. The Kier molecular flexibility index (Phi) is 7.80. The maximum absolute atomic E-state index is 12.1. The Bertz CT molecular complexity index is 508. The number of hydrogen-bond donors (Lipinski definition) is 1. The Balaban J connectivity index is 1.72. The van der Waals surface area contributed by atoms with Crippen LogP contribution >= 0.6 is 0 Å². The van der Waals surface area contributed by atoms with E-state index in [0.29, 0.717) is 25.6 Å². The summed E-state index contributed by atoms with van der Waals surface area (Å²) in [4.78, 5) is 25.9. The summed E-state index contributed by atoms with van der Waals surface area (Å²) in [5, 5.41) is 2.96. The smallest absolute Gasteiger partial charge is 0.221 e. The molecular formula is C20H30N2O2. The molecule has 0 saturated heterocycles. The number of carbonyl (C=O) groups excluding carboxylic acids is 2. The zero-order valence-corrected chi connectivity index (χ0v) is 14.8. The van der Waals surface area contributed by atoms with E-state index in [1.807, 2.05) is 23.1 Å². The molecule has 1 aliphatic rings. The van der Waals surface area contributed by atoms with Crippen LogP contribution in [0.25, 0.3) is 0 Å². The Morgan fingerprint density at radius 2 is 1.75 bits per heavy atom. The molecule has 0 aromatic heterocycles. The molecular weight excluding hydrogens is 300 g/mol. The van der Waals surface area contributed by atoms with Crippen molar-refractivity contribution in [2.24, 2.45) is 0 Å². The van der Waals surface area contributed by atoms with E-state index in [1.165, 1.54) is 31.2 Å². The summed E-state index contributed by atoms with van der Waals surface area (Å²) in [5.41, 5.74) is 1.22. The van der Waals surface area contributed by atoms with Gasteiger partial charge >= 0.3 is 0 Å². The first kappa shape index (κ1) is 18.5. The second-order valence-corrected chi connectivity index (χ2v) is 6.69. The first-order valence-corrected chi connectivity index (χ1v) is 9.24. The van der Waals surface area contributed by atoms with Gasteiger partial charge in [-0.25, -0.2) is 0 Å². The third-order valence-electron chi connectivity index (χ3n) is 4.83. The molecule has 0 spiro atoms. The second kappa shape index (κ2) is 10.1. The van der Waals surface area contributed by atoms with Crippen molar-refractivity contribution >= 4 is 11.8 Å². The largest absolute Gasteiger partial charge is 0.356 e. The maximum atomic E-state index is 12.1. The lowest BCUT2D eigenvalue weighted by atomic mass is 10.1. The molecule has 4 nitrogen and oxygen atoms in total. The SMILES string of the molecule is CC(=O)N(CCC(=O)NCCc1ccccc1)C1CCCCCC1. The van der Waals surface area contributed by atoms with Crippen molar-refractivity contribution in [3.8, 4) is 0 Å². The molecule has 4 heteroatoms. The lowest BCUT2D eigenvalue weighted by Gasteiger charge is -2.30. The summed E-state index contributed by atoms with van der Waals surface area (Å²) in [7, 11) is 0. The highest BCUT2D eigenvalue weighted by Gasteiger charge is 2.22. The molecule has 1 fully saturated rings. The van der Waals surface area contributed by atoms with Crippen LogP contribution in [0.5, 0.6) is 0 Å². The van der Waals surface area contributed by atoms with Gasteiger partial charge < -0.3 is 10.2 Å². The molecule has 0 radical (unpaired) electrons. The highest BCUT2D eigenvalue weighted by molar-refractivity contribution is 5.78. The van der Waals surface area contributed by atoms with Gasteiger partial charge in [-0.15, -0.1) is 0 Å². The summed E-state index contributed by atoms with van der Waals surface area (Å²) in [6, 6.07) is 10.5. The van der Waals surface area contributed by atoms with E-state index in [-0.39, 0.29) is 11.8 Å². The molecule has 2 amide bonds. The van der Waals surface area contributed by atoms with Gasteiger partial charge in [0.15, 0.2) is 0 Å². The molecule has 0 unspecified atom stereocenters. The summed E-state index contributed by atoms with van der Waals surface area (Å²) in [6.07, 6.45) is 8.31. The minimum absolute atomic E-state index is 0.0332. The lowest BCUT2D eigenvalue weighted by molar-refractivity contribution is -0.132. The highest BCUT2D eigenvalue weighted by atomic mass is 16.2. The molecule has 1 aromatic carbocycles. The number of hydrogen-bond acceptors (Lipinski definition) is 2. The van der Waals surface area contributed by atoms with Crippen LogP contribution in [-0.4, -0.2) is 35.8 Å². The van der Waals surface area contributed by atoms with Gasteiger partial charge in [-0.05, 0) is 24.8 Å². The molecule has 24 heavy (non-hydrogen) atoms. The Labute approximate surface area is 145 Å². The summed E-state index contributed by atoms with van der Waals surface area (Å²) in [5.74, 6) is 0.129. The molecule has 1 aliphatic carbocycles. The highest BCUT2D eigenvalue weighted by Crippen LogP contribution is 2.22. The summed E-state index contributed by atoms with van der Waals surface area (Å²) >= 11 is 0. The van der Waals surface area contributed by atoms with Gasteiger partial charge in [0.05, 0.1) is 0 Å². The van der Waals surface area contributed by atoms with Crippen LogP contribution < -0.4 is 5.32 Å². The van der Waals surface area contributed by atoms with Gasteiger partial charge in [0.2, 0.25) is 11.8 Å². The topological polar surface area (TPSA) is 49.4 Å². The molecule has 1 saturated carbocycles. The number of nitrogens with one attached hydrogen (secondary N) is 1. The third kappa shape index (κ3) is 6.34. The van der Waals surface area contributed by atoms with Crippen molar-refractivity contribution in [1.82, 2.24) is 10.2 Å². The van der Waals surface area contributed by atoms with E-state index >= 15 is 0 Å². The van der Waals surface area contributed by atoms with Crippen molar-refractivity contribution < 1.29 is 9.59 Å². The molecule has 2 rings (SSSR count). The fourth-order valence-corrected chi connectivity index (χ4v) is 3.47. The number of carbonyl (C=O) groups is 2. The number of nitrogens with zero attached hydrogens (tertiary/aromatic N) is 1. The average Bonchev–Trinajstić information content (AvgIpc) is 2.85. The van der Waals surface area contributed by atoms with Crippen molar-refractivity contribution in [2.45, 2.75) is 64.3 Å². The second-order valence-electron chi connectivity index (χ2n) is 6.69. The first-order chi connectivity index (χ1) is 11.7. The van der Waals surface area contributed by atoms with Crippen LogP contribution in [0.2, 0.25) is 0 Å². The monoisotopic (exact) mass is 330 g/mol. The number of amides is 2. The molecule has 1 N–H and O–H groups in total. The fraction of sp³-hybridized carbons (Fsp3) is 0.600. The predicted molar refractivity (Wildman–Crippen MR) is 96.6 cm³/mol. The number of benzene rings is 1. The van der Waals surface area contributed by atoms with Crippen LogP contribution in [0.3, 0.4) is 0 Å². The quantitative estimate of drug-likeness (QED) is 0.780. The van der Waals surface area contributed by atoms with Crippen LogP contribution in [0.4, 0.5) is 0 Å². The van der Waals surface area contributed by atoms with E-state index in [9.17, 15) is 9.59 Å². The van der Waals surface area contributed by atoms with Crippen LogP contribution in [0.1, 0.15) is 57.4 Å². The van der Waals surface area contributed by atoms with E-state index < -0.39 is 0 Å². The van der Waals surface area contributed by atoms with Crippen LogP contribution in [-0.2, 0) is 16.0 Å². The van der Waals surface area contributed by atoms with Gasteiger partial charge in [-0.1, -0.05) is 56.0 Å². The van der Waals surface area contributed by atoms with Gasteiger partial charge in [-0.2, -0.15) is 0 Å². The van der Waals surface area contributed by atoms with Gasteiger partial charge in [-0.3, -0.25) is 9.59 Å². The fourth-order valence-electron chi connectivity index (χ4n) is 3.47. The zero-order valence-electron chi connectivity index (χ0n) is 14.8. The standard InChI is InChI=1S/C20H30N2O2/c1-17(23)22(19-11-7-2-3-8-12-19)16-14-20(24)21-15-13-18-9-5-4-6-10-18/h4-6,9-10,19H,2-3,7-8,11-16H2,1H3,(H,21,24). The molecule has 132 valence electrons. The normalized spacial score (nSPS) is 15.5. The molecule has 1 aromatic rings. The van der Waals surface area contributed by atoms with Crippen molar-refractivity contribution in [3.05, 3.63) is 35.9 Å². The summed E-state index contributed by atoms with van der Waals surface area (Å²) in [6.45, 7) is 2.81. The third-order valence-corrected chi connectivity index (χ3v) is 4.83. The van der Waals surface area contributed by atoms with E-state index in [4.69, 9.17) is 0 Å². The van der Waals surface area contributed by atoms with Crippen molar-refractivity contribution in [2.75, 3.05) is 13.1 Å². The van der Waals surface area contributed by atoms with E-state index in [2.05, 4.69) is 17.4 Å². The van der Waals surface area contributed by atoms with Crippen LogP contribution in [0.15, 0.2) is 30.3 Å². The van der Waals surface area contributed by atoms with E-state index in [1.54, 1.807) is 6.92 Å². The van der Waals surface area contributed by atoms with E-state index in [0.717, 1.165) is 19.3 Å². The Morgan fingerprint density at radius 3 is 2.38 bits per heavy atom. The zero-order chi connectivity index (χ0) is 17.2. The van der Waals surface area contributed by atoms with Crippen molar-refractivity contribution in [3.63, 3.8) is 0 Å². The number of rotatable bonds is 7. The van der Waals surface area contributed by atoms with Gasteiger partial charge in [0.25, 0.3) is 0 Å². The predicted octanol–water partition coefficient (Wildman–Crippen LogP) is 3.31. The molecule has 0 heterocycles. The molecule has 0 bridgehead atoms. The average molecular weight is 330 g/mol. The van der Waals surface area contributed by atoms with Gasteiger partial charge in [0.1, 0.15) is 0 Å². The maximum Gasteiger partial charge on any atom is 0.221 e. The molecule has 0 atom stereocenters. The summed E-state index contributed by atoms with van der Waals surface area (Å²) < 4.78 is 0. The van der Waals surface area contributed by atoms with Gasteiger partial charge in [0, 0.05) is 32.5 Å². The first-order valence-electron chi connectivity index (χ1n) is 9.24. The van der Waals surface area contributed by atoms with Crippen molar-refractivity contribution in [1.29, 1.82) is 0 Å². The van der Waals surface area contributed by atoms with Crippen LogP contribution in [0, 0.1) is 0 Å².